The lowest BCUT2D eigenvalue weighted by molar-refractivity contribution is -0.109. The largest absolute Gasteiger partial charge is 0.379 e. The van der Waals surface area contributed by atoms with Crippen molar-refractivity contribution in [2.45, 2.75) is 40.2 Å². The zero-order valence-electron chi connectivity index (χ0n) is 19.9. The molecule has 0 spiro atoms. The summed E-state index contributed by atoms with van der Waals surface area (Å²) in [6.07, 6.45) is 5.83. The molecule has 1 atom stereocenters. The molecule has 0 saturated heterocycles. The summed E-state index contributed by atoms with van der Waals surface area (Å²) in [7, 11) is 3.93. The van der Waals surface area contributed by atoms with Crippen molar-refractivity contribution in [2.24, 2.45) is 0 Å². The fraction of sp³-hybridized carbons (Fsp3) is 0.400. The number of benzene rings is 2. The van der Waals surface area contributed by atoms with E-state index < -0.39 is 0 Å². The van der Waals surface area contributed by atoms with Crippen LogP contribution in [0.5, 0.6) is 0 Å². The van der Waals surface area contributed by atoms with Gasteiger partial charge in [0.25, 0.3) is 0 Å². The lowest BCUT2D eigenvalue weighted by atomic mass is 10.1. The molecule has 178 valence electrons. The minimum Gasteiger partial charge on any atom is -0.379 e. The molecule has 0 radical (unpaired) electrons. The van der Waals surface area contributed by atoms with Gasteiger partial charge in [-0.25, -0.2) is 0 Å². The molecule has 7 heteroatoms. The van der Waals surface area contributed by atoms with Crippen LogP contribution in [0, 0.1) is 0 Å². The van der Waals surface area contributed by atoms with E-state index in [9.17, 15) is 4.79 Å². The van der Waals surface area contributed by atoms with Crippen LogP contribution in [0.2, 0.25) is 10.0 Å². The molecule has 0 heterocycles. The Morgan fingerprint density at radius 1 is 1.09 bits per heavy atom. The van der Waals surface area contributed by atoms with Gasteiger partial charge in [0.15, 0.2) is 0 Å². The molecule has 0 bridgehead atoms. The van der Waals surface area contributed by atoms with Gasteiger partial charge in [-0.15, -0.1) is 0 Å². The molecule has 1 amide bonds. The summed E-state index contributed by atoms with van der Waals surface area (Å²) < 4.78 is 1.07. The van der Waals surface area contributed by atoms with Crippen LogP contribution in [-0.4, -0.2) is 44.5 Å². The zero-order chi connectivity index (χ0) is 24.5. The van der Waals surface area contributed by atoms with Crippen molar-refractivity contribution in [3.05, 3.63) is 68.1 Å². The number of carbonyl (C=O) groups is 1. The van der Waals surface area contributed by atoms with Crippen molar-refractivity contribution in [3.8, 4) is 0 Å². The number of rotatable bonds is 9. The van der Waals surface area contributed by atoms with E-state index in [4.69, 9.17) is 23.2 Å². The van der Waals surface area contributed by atoms with Crippen LogP contribution in [0.15, 0.2) is 46.9 Å². The highest BCUT2D eigenvalue weighted by atomic mass is 79.9. The predicted octanol–water partition coefficient (Wildman–Crippen LogP) is 7.15. The molecule has 2 N–H and O–H groups in total. The summed E-state index contributed by atoms with van der Waals surface area (Å²) in [6.45, 7) is 9.90. The van der Waals surface area contributed by atoms with Gasteiger partial charge in [0.05, 0.1) is 0 Å². The number of halogens is 3. The van der Waals surface area contributed by atoms with Crippen molar-refractivity contribution < 1.29 is 4.79 Å². The Hall–Kier alpha value is -1.53. The predicted molar refractivity (Wildman–Crippen MR) is 146 cm³/mol. The summed E-state index contributed by atoms with van der Waals surface area (Å²) >= 11 is 15.5. The first-order chi connectivity index (χ1) is 15.2. The van der Waals surface area contributed by atoms with E-state index in [1.54, 1.807) is 6.07 Å². The first-order valence-corrected chi connectivity index (χ1v) is 12.3. The molecule has 0 saturated carbocycles. The first-order valence-electron chi connectivity index (χ1n) is 10.8. The van der Waals surface area contributed by atoms with E-state index in [1.807, 2.05) is 51.1 Å². The second-order valence-electron chi connectivity index (χ2n) is 7.03. The molecular weight excluding hydrogens is 509 g/mol. The van der Waals surface area contributed by atoms with Crippen molar-refractivity contribution in [1.82, 2.24) is 10.2 Å². The highest BCUT2D eigenvalue weighted by molar-refractivity contribution is 9.10. The highest BCUT2D eigenvalue weighted by Gasteiger charge is 2.04. The molecule has 0 aliphatic rings. The molecule has 0 fully saturated rings. The lowest BCUT2D eigenvalue weighted by Crippen LogP contribution is -2.25. The van der Waals surface area contributed by atoms with Crippen molar-refractivity contribution in [1.29, 1.82) is 0 Å². The molecule has 0 aliphatic carbocycles. The van der Waals surface area contributed by atoms with Gasteiger partial charge in [-0.2, -0.15) is 0 Å². The molecule has 2 aromatic rings. The van der Waals surface area contributed by atoms with Gasteiger partial charge in [-0.3, -0.25) is 4.79 Å². The maximum atomic E-state index is 9.66. The van der Waals surface area contributed by atoms with Gasteiger partial charge in [0, 0.05) is 39.3 Å². The number of amides is 1. The summed E-state index contributed by atoms with van der Waals surface area (Å²) in [4.78, 5) is 11.7. The van der Waals surface area contributed by atoms with Gasteiger partial charge >= 0.3 is 0 Å². The zero-order valence-corrected chi connectivity index (χ0v) is 23.0. The Labute approximate surface area is 212 Å². The third-order valence-corrected chi connectivity index (χ3v) is 5.01. The molecule has 0 aromatic heterocycles. The fourth-order valence-electron chi connectivity index (χ4n) is 2.56. The molecule has 4 nitrogen and oxygen atoms in total. The Morgan fingerprint density at radius 3 is 2.25 bits per heavy atom. The maximum Gasteiger partial charge on any atom is 0.207 e. The summed E-state index contributed by atoms with van der Waals surface area (Å²) in [6, 6.07) is 12.0. The third kappa shape index (κ3) is 13.8. The van der Waals surface area contributed by atoms with Gasteiger partial charge in [-0.05, 0) is 68.9 Å². The fourth-order valence-corrected chi connectivity index (χ4v) is 3.46. The van der Waals surface area contributed by atoms with Crippen LogP contribution >= 0.6 is 39.1 Å². The van der Waals surface area contributed by atoms with Crippen molar-refractivity contribution >= 4 is 57.3 Å². The molecule has 0 aliphatic heterocycles. The van der Waals surface area contributed by atoms with Gasteiger partial charge in [-0.1, -0.05) is 78.1 Å². The molecule has 32 heavy (non-hydrogen) atoms. The van der Waals surface area contributed by atoms with Crippen LogP contribution in [0.3, 0.4) is 0 Å². The normalized spacial score (nSPS) is 11.2. The van der Waals surface area contributed by atoms with E-state index >= 15 is 0 Å². The number of carbonyl (C=O) groups excluding carboxylic acids is 1. The maximum absolute atomic E-state index is 9.66. The SMILES string of the molecule is CC.CCc1ccc(Br)cc1NC(C)/C=C/c1cc(Cl)cc(Cl)c1.CN(C)CCNC=O. The summed E-state index contributed by atoms with van der Waals surface area (Å²) in [5.74, 6) is 0. The molecule has 2 aromatic carbocycles. The smallest absolute Gasteiger partial charge is 0.207 e. The van der Waals surface area contributed by atoms with E-state index in [0.29, 0.717) is 16.5 Å². The second-order valence-corrected chi connectivity index (χ2v) is 8.81. The number of nitrogens with zero attached hydrogens (tertiary/aromatic N) is 1. The Morgan fingerprint density at radius 2 is 1.72 bits per heavy atom. The summed E-state index contributed by atoms with van der Waals surface area (Å²) in [5.41, 5.74) is 3.45. The number of likely N-dealkylation sites (N-methyl/N-ethyl adjacent to an activating group) is 1. The number of hydrogen-bond acceptors (Lipinski definition) is 3. The third-order valence-electron chi connectivity index (χ3n) is 4.08. The quantitative estimate of drug-likeness (QED) is 0.260. The van der Waals surface area contributed by atoms with E-state index in [-0.39, 0.29) is 6.04 Å². The Bertz CT molecular complexity index is 809. The topological polar surface area (TPSA) is 44.4 Å². The molecular formula is C25H36BrCl2N3O. The van der Waals surface area contributed by atoms with E-state index in [0.717, 1.165) is 35.2 Å². The molecule has 2 rings (SSSR count). The minimum atomic E-state index is 0.192. The van der Waals surface area contributed by atoms with Crippen LogP contribution in [-0.2, 0) is 11.2 Å². The van der Waals surface area contributed by atoms with Crippen LogP contribution in [0.1, 0.15) is 38.8 Å². The minimum absolute atomic E-state index is 0.192. The number of hydrogen-bond donors (Lipinski definition) is 2. The first kappa shape index (κ1) is 30.5. The van der Waals surface area contributed by atoms with Crippen molar-refractivity contribution in [3.63, 3.8) is 0 Å². The lowest BCUT2D eigenvalue weighted by Gasteiger charge is -2.15. The van der Waals surface area contributed by atoms with Crippen LogP contribution in [0.4, 0.5) is 5.69 Å². The Kier molecular flexibility index (Phi) is 17.1. The molecule has 1 unspecified atom stereocenters. The second kappa shape index (κ2) is 18.0. The number of nitrogens with one attached hydrogen (secondary N) is 2. The van der Waals surface area contributed by atoms with Gasteiger partial charge in [0.2, 0.25) is 6.41 Å². The van der Waals surface area contributed by atoms with Gasteiger partial charge in [0.1, 0.15) is 0 Å². The van der Waals surface area contributed by atoms with Crippen LogP contribution in [0.25, 0.3) is 6.08 Å². The monoisotopic (exact) mass is 543 g/mol. The van der Waals surface area contributed by atoms with Crippen LogP contribution < -0.4 is 10.6 Å². The average Bonchev–Trinajstić information content (AvgIpc) is 2.74. The number of anilines is 1. The van der Waals surface area contributed by atoms with Crippen molar-refractivity contribution in [2.75, 3.05) is 32.5 Å². The van der Waals surface area contributed by atoms with Gasteiger partial charge < -0.3 is 15.5 Å². The summed E-state index contributed by atoms with van der Waals surface area (Å²) in [5, 5.41) is 7.37. The number of aryl methyl sites for hydroxylation is 1. The Balaban J connectivity index is 0.000000814. The standard InChI is InChI=1S/C18H18BrCl2N.C5H12N2O.C2H6/c1-3-14-6-7-15(19)10-18(14)22-12(2)4-5-13-8-16(20)11-17(21)9-13;1-7(2)4-3-6-5-8;1-2/h4-12,22H,3H2,1-2H3;5H,3-4H2,1-2H3,(H,6,8);1-2H3/b5-4+;;. The van der Waals surface area contributed by atoms with E-state index in [2.05, 4.69) is 64.7 Å². The van der Waals surface area contributed by atoms with E-state index in [1.165, 1.54) is 5.56 Å². The average molecular weight is 545 g/mol. The highest BCUT2D eigenvalue weighted by Crippen LogP contribution is 2.23.